The molecule has 2 aliphatic rings. The van der Waals surface area contributed by atoms with Gasteiger partial charge in [0.15, 0.2) is 0 Å². The third-order valence-electron chi connectivity index (χ3n) is 4.43. The summed E-state index contributed by atoms with van der Waals surface area (Å²) in [5.74, 6) is 1.01. The van der Waals surface area contributed by atoms with Crippen LogP contribution in [0.25, 0.3) is 0 Å². The number of aliphatic hydroxyl groups is 1. The molecule has 0 aromatic carbocycles. The van der Waals surface area contributed by atoms with Gasteiger partial charge in [-0.25, -0.2) is 0 Å². The Labute approximate surface area is 99.8 Å². The molecule has 0 saturated heterocycles. The molecule has 2 nitrogen and oxygen atoms in total. The second kappa shape index (κ2) is 6.02. The Hall–Kier alpha value is -0.0800. The van der Waals surface area contributed by atoms with Gasteiger partial charge in [-0.3, -0.25) is 0 Å². The van der Waals surface area contributed by atoms with Crippen molar-refractivity contribution in [3.63, 3.8) is 0 Å². The fraction of sp³-hybridized carbons (Fsp3) is 1.00. The normalized spacial score (nSPS) is 25.3. The number of nitrogens with one attached hydrogen (secondary N) is 1. The molecule has 2 rings (SSSR count). The highest BCUT2D eigenvalue weighted by molar-refractivity contribution is 4.86. The molecule has 0 aliphatic heterocycles. The van der Waals surface area contributed by atoms with E-state index >= 15 is 0 Å². The van der Waals surface area contributed by atoms with Gasteiger partial charge in [-0.15, -0.1) is 0 Å². The smallest absolute Gasteiger partial charge is 0.0771 e. The Balaban J connectivity index is 1.48. The molecule has 2 fully saturated rings. The molecule has 94 valence electrons. The summed E-state index contributed by atoms with van der Waals surface area (Å²) >= 11 is 0. The highest BCUT2D eigenvalue weighted by Gasteiger charge is 2.30. The van der Waals surface area contributed by atoms with Crippen LogP contribution in [0.5, 0.6) is 0 Å². The van der Waals surface area contributed by atoms with Gasteiger partial charge in [-0.05, 0) is 38.1 Å². The van der Waals surface area contributed by atoms with Crippen molar-refractivity contribution >= 4 is 0 Å². The van der Waals surface area contributed by atoms with E-state index in [0.717, 1.165) is 31.8 Å². The molecular weight excluding hydrogens is 198 g/mol. The zero-order valence-corrected chi connectivity index (χ0v) is 10.5. The van der Waals surface area contributed by atoms with Crippen LogP contribution in [0.1, 0.15) is 64.2 Å². The topological polar surface area (TPSA) is 32.3 Å². The van der Waals surface area contributed by atoms with E-state index in [2.05, 4.69) is 5.32 Å². The van der Waals surface area contributed by atoms with Crippen molar-refractivity contribution in [2.45, 2.75) is 69.8 Å². The van der Waals surface area contributed by atoms with Crippen molar-refractivity contribution < 1.29 is 5.11 Å². The zero-order valence-electron chi connectivity index (χ0n) is 10.5. The molecule has 2 saturated carbocycles. The zero-order chi connectivity index (χ0) is 11.3. The summed E-state index contributed by atoms with van der Waals surface area (Å²) in [6.07, 6.45) is 12.9. The van der Waals surface area contributed by atoms with E-state index < -0.39 is 0 Å². The fourth-order valence-corrected chi connectivity index (χ4v) is 3.35. The Kier molecular flexibility index (Phi) is 4.66. The van der Waals surface area contributed by atoms with Crippen molar-refractivity contribution in [1.29, 1.82) is 0 Å². The highest BCUT2D eigenvalue weighted by Crippen LogP contribution is 2.29. The first-order valence-electron chi connectivity index (χ1n) is 7.22. The molecule has 0 atom stereocenters. The van der Waals surface area contributed by atoms with Crippen LogP contribution in [-0.2, 0) is 0 Å². The van der Waals surface area contributed by atoms with Gasteiger partial charge in [0.05, 0.1) is 5.60 Å². The van der Waals surface area contributed by atoms with Gasteiger partial charge in [-0.1, -0.05) is 38.5 Å². The number of rotatable bonds is 6. The second-order valence-corrected chi connectivity index (χ2v) is 5.90. The minimum atomic E-state index is -0.368. The van der Waals surface area contributed by atoms with Crippen molar-refractivity contribution in [3.05, 3.63) is 0 Å². The summed E-state index contributed by atoms with van der Waals surface area (Å²) in [6, 6.07) is 0. The molecule has 0 spiro atoms. The van der Waals surface area contributed by atoms with Crippen molar-refractivity contribution in [3.8, 4) is 0 Å². The summed E-state index contributed by atoms with van der Waals surface area (Å²) in [6.45, 7) is 1.91. The average Bonchev–Trinajstić information content (AvgIpc) is 2.89. The number of hydrogen-bond acceptors (Lipinski definition) is 2. The van der Waals surface area contributed by atoms with Gasteiger partial charge in [0.1, 0.15) is 0 Å². The standard InChI is InChI=1S/C14H27NO/c16-14(9-3-4-10-14)12-15-11-5-8-13-6-1-2-7-13/h13,15-16H,1-12H2. The van der Waals surface area contributed by atoms with E-state index in [4.69, 9.17) is 0 Å². The summed E-state index contributed by atoms with van der Waals surface area (Å²) < 4.78 is 0. The summed E-state index contributed by atoms with van der Waals surface area (Å²) in [4.78, 5) is 0. The van der Waals surface area contributed by atoms with E-state index in [1.54, 1.807) is 0 Å². The first-order valence-corrected chi connectivity index (χ1v) is 7.22. The van der Waals surface area contributed by atoms with Crippen LogP contribution < -0.4 is 5.32 Å². The third-order valence-corrected chi connectivity index (χ3v) is 4.43. The lowest BCUT2D eigenvalue weighted by molar-refractivity contribution is 0.0478. The molecule has 0 unspecified atom stereocenters. The minimum absolute atomic E-state index is 0.368. The van der Waals surface area contributed by atoms with E-state index in [1.165, 1.54) is 51.4 Å². The van der Waals surface area contributed by atoms with Crippen LogP contribution in [0.3, 0.4) is 0 Å². The molecule has 0 bridgehead atoms. The van der Waals surface area contributed by atoms with Gasteiger partial charge in [0.2, 0.25) is 0 Å². The maximum absolute atomic E-state index is 10.1. The van der Waals surface area contributed by atoms with Crippen molar-refractivity contribution in [2.75, 3.05) is 13.1 Å². The minimum Gasteiger partial charge on any atom is -0.389 e. The lowest BCUT2D eigenvalue weighted by Crippen LogP contribution is -2.38. The monoisotopic (exact) mass is 225 g/mol. The van der Waals surface area contributed by atoms with Crippen LogP contribution in [0.2, 0.25) is 0 Å². The fourth-order valence-electron chi connectivity index (χ4n) is 3.35. The van der Waals surface area contributed by atoms with Gasteiger partial charge in [0, 0.05) is 6.54 Å². The van der Waals surface area contributed by atoms with Crippen LogP contribution in [0.4, 0.5) is 0 Å². The van der Waals surface area contributed by atoms with E-state index in [-0.39, 0.29) is 5.60 Å². The molecule has 0 aromatic rings. The van der Waals surface area contributed by atoms with Crippen molar-refractivity contribution in [1.82, 2.24) is 5.32 Å². The molecule has 2 aliphatic carbocycles. The van der Waals surface area contributed by atoms with Crippen molar-refractivity contribution in [2.24, 2.45) is 5.92 Å². The van der Waals surface area contributed by atoms with Gasteiger partial charge < -0.3 is 10.4 Å². The Morgan fingerprint density at radius 1 is 1.06 bits per heavy atom. The Morgan fingerprint density at radius 2 is 1.75 bits per heavy atom. The lowest BCUT2D eigenvalue weighted by Gasteiger charge is -2.22. The third kappa shape index (κ3) is 3.74. The summed E-state index contributed by atoms with van der Waals surface area (Å²) in [5, 5.41) is 13.6. The van der Waals surface area contributed by atoms with Crippen LogP contribution in [0.15, 0.2) is 0 Å². The molecule has 0 aromatic heterocycles. The molecule has 0 radical (unpaired) electrons. The Bertz CT molecular complexity index is 193. The molecule has 2 N–H and O–H groups in total. The van der Waals surface area contributed by atoms with E-state index in [9.17, 15) is 5.11 Å². The summed E-state index contributed by atoms with van der Waals surface area (Å²) in [7, 11) is 0. The predicted molar refractivity (Wildman–Crippen MR) is 67.5 cm³/mol. The van der Waals surface area contributed by atoms with Crippen LogP contribution >= 0.6 is 0 Å². The summed E-state index contributed by atoms with van der Waals surface area (Å²) in [5.41, 5.74) is -0.368. The average molecular weight is 225 g/mol. The van der Waals surface area contributed by atoms with E-state index in [1.807, 2.05) is 0 Å². The lowest BCUT2D eigenvalue weighted by atomic mass is 10.0. The van der Waals surface area contributed by atoms with Crippen LogP contribution in [0, 0.1) is 5.92 Å². The van der Waals surface area contributed by atoms with Crippen LogP contribution in [-0.4, -0.2) is 23.8 Å². The van der Waals surface area contributed by atoms with Gasteiger partial charge >= 0.3 is 0 Å². The molecule has 0 amide bonds. The maximum Gasteiger partial charge on any atom is 0.0771 e. The maximum atomic E-state index is 10.1. The Morgan fingerprint density at radius 3 is 2.44 bits per heavy atom. The predicted octanol–water partition coefficient (Wildman–Crippen LogP) is 2.85. The first-order chi connectivity index (χ1) is 7.79. The molecule has 2 heteroatoms. The molecular formula is C14H27NO. The molecule has 16 heavy (non-hydrogen) atoms. The number of hydrogen-bond donors (Lipinski definition) is 2. The quantitative estimate of drug-likeness (QED) is 0.681. The van der Waals surface area contributed by atoms with Gasteiger partial charge in [0.25, 0.3) is 0 Å². The van der Waals surface area contributed by atoms with E-state index in [0.29, 0.717) is 0 Å². The second-order valence-electron chi connectivity index (χ2n) is 5.90. The SMILES string of the molecule is OC1(CNCCCC2CCCC2)CCCC1. The first kappa shape index (κ1) is 12.4. The highest BCUT2D eigenvalue weighted by atomic mass is 16.3. The largest absolute Gasteiger partial charge is 0.389 e. The van der Waals surface area contributed by atoms with Gasteiger partial charge in [-0.2, -0.15) is 0 Å². The molecule has 0 heterocycles.